The number of nitrogens with one attached hydrogen (secondary N) is 3. The normalized spacial score (nSPS) is 14.5. The van der Waals surface area contributed by atoms with Crippen molar-refractivity contribution in [1.82, 2.24) is 35.0 Å². The Morgan fingerprint density at radius 2 is 1.94 bits per heavy atom. The van der Waals surface area contributed by atoms with Gasteiger partial charge in [0.15, 0.2) is 5.65 Å². The average molecular weight is 466 g/mol. The van der Waals surface area contributed by atoms with Crippen molar-refractivity contribution >= 4 is 34.5 Å². The van der Waals surface area contributed by atoms with Crippen molar-refractivity contribution < 1.29 is 4.74 Å². The Morgan fingerprint density at radius 3 is 2.82 bits per heavy atom. The lowest BCUT2D eigenvalue weighted by molar-refractivity contribution is 0.0398. The molecular weight excluding hydrogens is 442 g/mol. The Morgan fingerprint density at radius 1 is 1.06 bits per heavy atom. The number of hydrogen-bond donors (Lipinski definition) is 3. The fourth-order valence-corrected chi connectivity index (χ4v) is 3.86. The molecule has 0 unspecified atom stereocenters. The lowest BCUT2D eigenvalue weighted by Gasteiger charge is -2.26. The molecule has 33 heavy (non-hydrogen) atoms. The molecule has 5 rings (SSSR count). The first-order valence-electron chi connectivity index (χ1n) is 10.8. The minimum atomic E-state index is 0.506. The van der Waals surface area contributed by atoms with E-state index in [0.717, 1.165) is 50.3 Å². The second kappa shape index (κ2) is 10.1. The standard InChI is InChI=1S/C22H24ClN9O/c23-16-3-1-2-15(12-16)13-26-21-24-5-4-18(28-21)19-17-14-27-22(29-20(17)31-30-19)25-6-7-32-8-10-33-11-9-32/h1-5,12,14H,6-11,13H2,(H,24,26,28)(H2,25,27,29,30,31). The number of fused-ring (bicyclic) bond motifs is 1. The lowest BCUT2D eigenvalue weighted by atomic mass is 10.2. The van der Waals surface area contributed by atoms with Crippen molar-refractivity contribution in [3.63, 3.8) is 0 Å². The molecule has 0 bridgehead atoms. The third-order valence-electron chi connectivity index (χ3n) is 5.37. The van der Waals surface area contributed by atoms with E-state index < -0.39 is 0 Å². The molecule has 11 heteroatoms. The number of rotatable bonds is 8. The van der Waals surface area contributed by atoms with Crippen molar-refractivity contribution in [2.45, 2.75) is 6.54 Å². The predicted octanol–water partition coefficient (Wildman–Crippen LogP) is 2.82. The summed E-state index contributed by atoms with van der Waals surface area (Å²) in [5, 5.41) is 15.4. The van der Waals surface area contributed by atoms with Crippen molar-refractivity contribution in [3.05, 3.63) is 53.3 Å². The van der Waals surface area contributed by atoms with Gasteiger partial charge in [-0.25, -0.2) is 15.0 Å². The van der Waals surface area contributed by atoms with Crippen LogP contribution in [-0.2, 0) is 11.3 Å². The molecular formula is C22H24ClN9O. The summed E-state index contributed by atoms with van der Waals surface area (Å²) in [4.78, 5) is 20.3. The van der Waals surface area contributed by atoms with Gasteiger partial charge in [-0.05, 0) is 23.8 Å². The topological polar surface area (TPSA) is 117 Å². The van der Waals surface area contributed by atoms with E-state index in [0.29, 0.717) is 40.5 Å². The summed E-state index contributed by atoms with van der Waals surface area (Å²) >= 11 is 6.06. The second-order valence-corrected chi connectivity index (χ2v) is 8.09. The molecule has 1 aliphatic rings. The monoisotopic (exact) mass is 465 g/mol. The molecule has 0 amide bonds. The van der Waals surface area contributed by atoms with Crippen LogP contribution in [0.5, 0.6) is 0 Å². The third kappa shape index (κ3) is 5.36. The van der Waals surface area contributed by atoms with E-state index in [4.69, 9.17) is 16.3 Å². The van der Waals surface area contributed by atoms with Gasteiger partial charge in [0.1, 0.15) is 5.69 Å². The van der Waals surface area contributed by atoms with E-state index in [1.807, 2.05) is 30.3 Å². The molecule has 0 radical (unpaired) electrons. The maximum atomic E-state index is 6.06. The molecule has 0 spiro atoms. The van der Waals surface area contributed by atoms with Crippen LogP contribution in [0.4, 0.5) is 11.9 Å². The van der Waals surface area contributed by atoms with E-state index in [9.17, 15) is 0 Å². The molecule has 1 saturated heterocycles. The summed E-state index contributed by atoms with van der Waals surface area (Å²) in [5.41, 5.74) is 3.06. The smallest absolute Gasteiger partial charge is 0.224 e. The van der Waals surface area contributed by atoms with Gasteiger partial charge in [0.2, 0.25) is 11.9 Å². The van der Waals surface area contributed by atoms with Crippen LogP contribution in [0.2, 0.25) is 5.02 Å². The van der Waals surface area contributed by atoms with E-state index >= 15 is 0 Å². The second-order valence-electron chi connectivity index (χ2n) is 7.66. The van der Waals surface area contributed by atoms with Crippen LogP contribution in [-0.4, -0.2) is 74.4 Å². The minimum Gasteiger partial charge on any atom is -0.379 e. The van der Waals surface area contributed by atoms with Gasteiger partial charge >= 0.3 is 0 Å². The predicted molar refractivity (Wildman–Crippen MR) is 127 cm³/mol. The van der Waals surface area contributed by atoms with Gasteiger partial charge < -0.3 is 15.4 Å². The van der Waals surface area contributed by atoms with Gasteiger partial charge in [0.25, 0.3) is 0 Å². The molecule has 4 heterocycles. The van der Waals surface area contributed by atoms with Crippen LogP contribution in [0.25, 0.3) is 22.4 Å². The summed E-state index contributed by atoms with van der Waals surface area (Å²) in [6.07, 6.45) is 3.46. The van der Waals surface area contributed by atoms with Gasteiger partial charge in [0.05, 0.1) is 24.3 Å². The zero-order chi connectivity index (χ0) is 22.5. The number of aromatic nitrogens is 6. The lowest BCUT2D eigenvalue weighted by Crippen LogP contribution is -2.39. The SMILES string of the molecule is Clc1cccc(CNc2nccc(-c3n[nH]c4nc(NCCN5CCOCC5)ncc34)n2)c1. The minimum absolute atomic E-state index is 0.506. The van der Waals surface area contributed by atoms with Crippen LogP contribution < -0.4 is 10.6 Å². The largest absolute Gasteiger partial charge is 0.379 e. The summed E-state index contributed by atoms with van der Waals surface area (Å²) in [5.74, 6) is 1.07. The number of nitrogens with zero attached hydrogens (tertiary/aromatic N) is 6. The first-order chi connectivity index (χ1) is 16.2. The molecule has 1 fully saturated rings. The highest BCUT2D eigenvalue weighted by Crippen LogP contribution is 2.24. The maximum absolute atomic E-state index is 6.06. The van der Waals surface area contributed by atoms with Gasteiger partial charge in [-0.2, -0.15) is 10.1 Å². The molecule has 4 aromatic rings. The van der Waals surface area contributed by atoms with Gasteiger partial charge in [0, 0.05) is 50.1 Å². The van der Waals surface area contributed by atoms with E-state index in [-0.39, 0.29) is 0 Å². The highest BCUT2D eigenvalue weighted by Gasteiger charge is 2.14. The molecule has 10 nitrogen and oxygen atoms in total. The number of hydrogen-bond acceptors (Lipinski definition) is 9. The Labute approximate surface area is 195 Å². The first-order valence-corrected chi connectivity index (χ1v) is 11.2. The maximum Gasteiger partial charge on any atom is 0.224 e. The Kier molecular flexibility index (Phi) is 6.56. The molecule has 3 aromatic heterocycles. The summed E-state index contributed by atoms with van der Waals surface area (Å²) in [6, 6.07) is 9.47. The van der Waals surface area contributed by atoms with Crippen LogP contribution in [0.15, 0.2) is 42.7 Å². The fourth-order valence-electron chi connectivity index (χ4n) is 3.64. The van der Waals surface area contributed by atoms with E-state index in [1.165, 1.54) is 0 Å². The Bertz CT molecular complexity index is 1230. The average Bonchev–Trinajstić information content (AvgIpc) is 3.27. The number of H-pyrrole nitrogens is 1. The van der Waals surface area contributed by atoms with Crippen molar-refractivity contribution in [2.24, 2.45) is 0 Å². The molecule has 0 atom stereocenters. The molecule has 0 aliphatic carbocycles. The molecule has 1 aromatic carbocycles. The summed E-state index contributed by atoms with van der Waals surface area (Å²) < 4.78 is 5.38. The van der Waals surface area contributed by atoms with Gasteiger partial charge in [-0.1, -0.05) is 23.7 Å². The molecule has 1 aliphatic heterocycles. The van der Waals surface area contributed by atoms with Gasteiger partial charge in [-0.15, -0.1) is 0 Å². The third-order valence-corrected chi connectivity index (χ3v) is 5.61. The van der Waals surface area contributed by atoms with Crippen molar-refractivity contribution in [3.8, 4) is 11.4 Å². The number of morpholine rings is 1. The highest BCUT2D eigenvalue weighted by molar-refractivity contribution is 6.30. The number of ether oxygens (including phenoxy) is 1. The summed E-state index contributed by atoms with van der Waals surface area (Å²) in [7, 11) is 0. The number of halogens is 1. The molecule has 3 N–H and O–H groups in total. The Balaban J connectivity index is 1.25. The van der Waals surface area contributed by atoms with E-state index in [1.54, 1.807) is 12.4 Å². The number of benzene rings is 1. The molecule has 170 valence electrons. The van der Waals surface area contributed by atoms with Gasteiger partial charge in [-0.3, -0.25) is 10.00 Å². The Hall–Kier alpha value is -3.34. The van der Waals surface area contributed by atoms with Crippen LogP contribution in [0, 0.1) is 0 Å². The number of aromatic amines is 1. The van der Waals surface area contributed by atoms with E-state index in [2.05, 4.69) is 45.7 Å². The fraction of sp³-hybridized carbons (Fsp3) is 0.318. The quantitative estimate of drug-likeness (QED) is 0.361. The first kappa shape index (κ1) is 21.5. The van der Waals surface area contributed by atoms with Crippen LogP contribution in [0.1, 0.15) is 5.56 Å². The zero-order valence-corrected chi connectivity index (χ0v) is 18.7. The molecule has 0 saturated carbocycles. The highest BCUT2D eigenvalue weighted by atomic mass is 35.5. The summed E-state index contributed by atoms with van der Waals surface area (Å²) in [6.45, 7) is 5.75. The zero-order valence-electron chi connectivity index (χ0n) is 18.0. The van der Waals surface area contributed by atoms with Crippen molar-refractivity contribution in [1.29, 1.82) is 0 Å². The van der Waals surface area contributed by atoms with Crippen LogP contribution >= 0.6 is 11.6 Å². The van der Waals surface area contributed by atoms with Crippen molar-refractivity contribution in [2.75, 3.05) is 50.0 Å². The number of anilines is 2. The van der Waals surface area contributed by atoms with Crippen LogP contribution in [0.3, 0.4) is 0 Å².